The summed E-state index contributed by atoms with van der Waals surface area (Å²) in [5.41, 5.74) is 1.89. The topological polar surface area (TPSA) is 57.9 Å². The van der Waals surface area contributed by atoms with Gasteiger partial charge in [0, 0.05) is 11.6 Å². The van der Waals surface area contributed by atoms with Crippen LogP contribution in [0.5, 0.6) is 17.2 Å². The molecule has 0 bridgehead atoms. The fourth-order valence-electron chi connectivity index (χ4n) is 2.70. The third-order valence-electron chi connectivity index (χ3n) is 4.20. The maximum atomic E-state index is 12.6. The van der Waals surface area contributed by atoms with Gasteiger partial charge < -0.3 is 18.6 Å². The Morgan fingerprint density at radius 3 is 2.35 bits per heavy atom. The smallest absolute Gasteiger partial charge is 0.196 e. The highest BCUT2D eigenvalue weighted by molar-refractivity contribution is 5.81. The van der Waals surface area contributed by atoms with E-state index in [1.165, 1.54) is 0 Å². The van der Waals surface area contributed by atoms with E-state index in [1.807, 2.05) is 24.3 Å². The molecule has 0 fully saturated rings. The monoisotopic (exact) mass is 352 g/mol. The van der Waals surface area contributed by atoms with Crippen LogP contribution >= 0.6 is 0 Å². The second-order valence-electron chi connectivity index (χ2n) is 5.73. The average molecular weight is 352 g/mol. The highest BCUT2D eigenvalue weighted by atomic mass is 16.5. The molecule has 0 radical (unpaired) electrons. The van der Waals surface area contributed by atoms with E-state index in [9.17, 15) is 4.79 Å². The van der Waals surface area contributed by atoms with Gasteiger partial charge in [-0.2, -0.15) is 0 Å². The molecule has 0 aliphatic carbocycles. The Balaban J connectivity index is 2.04. The molecule has 0 spiro atoms. The Morgan fingerprint density at radius 1 is 0.885 bits per heavy atom. The normalized spacial score (nSPS) is 11.1. The van der Waals surface area contributed by atoms with Crippen LogP contribution < -0.4 is 19.6 Å². The minimum absolute atomic E-state index is 0.0548. The zero-order valence-corrected chi connectivity index (χ0v) is 15.2. The molecule has 0 saturated carbocycles. The molecule has 0 unspecified atom stereocenters. The van der Waals surface area contributed by atoms with E-state index in [2.05, 4.69) is 0 Å². The van der Waals surface area contributed by atoms with Crippen molar-refractivity contribution in [2.45, 2.75) is 6.92 Å². The summed E-state index contributed by atoms with van der Waals surface area (Å²) in [7, 11) is 4.76. The lowest BCUT2D eigenvalue weighted by molar-refractivity contribution is 0.355. The lowest BCUT2D eigenvalue weighted by Crippen LogP contribution is -2.07. The van der Waals surface area contributed by atoms with E-state index in [-0.39, 0.29) is 5.43 Å². The summed E-state index contributed by atoms with van der Waals surface area (Å²) >= 11 is 0. The zero-order chi connectivity index (χ0) is 18.7. The van der Waals surface area contributed by atoms with Gasteiger partial charge in [-0.05, 0) is 42.8 Å². The number of fused-ring (bicyclic) bond motifs is 1. The van der Waals surface area contributed by atoms with Crippen LogP contribution in [0.1, 0.15) is 16.9 Å². The molecule has 1 heterocycles. The van der Waals surface area contributed by atoms with Crippen LogP contribution in [0.25, 0.3) is 23.1 Å². The first kappa shape index (κ1) is 17.6. The molecule has 134 valence electrons. The van der Waals surface area contributed by atoms with Gasteiger partial charge in [0.25, 0.3) is 0 Å². The second kappa shape index (κ2) is 7.35. The maximum Gasteiger partial charge on any atom is 0.196 e. The molecule has 5 heteroatoms. The predicted molar refractivity (Wildman–Crippen MR) is 102 cm³/mol. The number of hydrogen-bond donors (Lipinski definition) is 0. The van der Waals surface area contributed by atoms with Gasteiger partial charge in [0.2, 0.25) is 0 Å². The van der Waals surface area contributed by atoms with Gasteiger partial charge in [0.1, 0.15) is 17.1 Å². The Labute approximate surface area is 151 Å². The van der Waals surface area contributed by atoms with Crippen molar-refractivity contribution in [3.05, 3.63) is 63.5 Å². The molecule has 0 aliphatic heterocycles. The molecule has 26 heavy (non-hydrogen) atoms. The van der Waals surface area contributed by atoms with Crippen LogP contribution in [0.4, 0.5) is 0 Å². The standard InChI is InChI=1S/C21H20O5/c1-13-17(9-5-14-6-10-18(24-3)20(11-14)25-4)26-19-12-15(23-2)7-8-16(19)21(13)22/h5-12H,1-4H3/b9-5+. The van der Waals surface area contributed by atoms with Crippen molar-refractivity contribution >= 4 is 23.1 Å². The molecule has 1 aromatic heterocycles. The summed E-state index contributed by atoms with van der Waals surface area (Å²) in [5, 5.41) is 0.534. The third-order valence-corrected chi connectivity index (χ3v) is 4.20. The van der Waals surface area contributed by atoms with E-state index in [0.717, 1.165) is 5.56 Å². The van der Waals surface area contributed by atoms with Gasteiger partial charge in [0.05, 0.1) is 26.7 Å². The Bertz CT molecular complexity index is 1030. The van der Waals surface area contributed by atoms with Crippen LogP contribution in [0.15, 0.2) is 45.6 Å². The van der Waals surface area contributed by atoms with E-state index >= 15 is 0 Å². The highest BCUT2D eigenvalue weighted by Crippen LogP contribution is 2.28. The summed E-state index contributed by atoms with van der Waals surface area (Å²) in [6, 6.07) is 10.8. The first-order valence-electron chi connectivity index (χ1n) is 8.09. The minimum atomic E-state index is -0.0548. The quantitative estimate of drug-likeness (QED) is 0.685. The summed E-state index contributed by atoms with van der Waals surface area (Å²) in [6.07, 6.45) is 3.64. The van der Waals surface area contributed by atoms with E-state index in [4.69, 9.17) is 18.6 Å². The summed E-state index contributed by atoms with van der Waals surface area (Å²) in [6.45, 7) is 1.75. The summed E-state index contributed by atoms with van der Waals surface area (Å²) in [4.78, 5) is 12.6. The maximum absolute atomic E-state index is 12.6. The number of hydrogen-bond acceptors (Lipinski definition) is 5. The van der Waals surface area contributed by atoms with Crippen molar-refractivity contribution in [3.8, 4) is 17.2 Å². The van der Waals surface area contributed by atoms with Gasteiger partial charge >= 0.3 is 0 Å². The molecule has 3 aromatic rings. The largest absolute Gasteiger partial charge is 0.497 e. The Kier molecular flexibility index (Phi) is 4.98. The Morgan fingerprint density at radius 2 is 1.65 bits per heavy atom. The molecule has 0 saturated heterocycles. The molecule has 0 aliphatic rings. The van der Waals surface area contributed by atoms with Gasteiger partial charge in [0.15, 0.2) is 16.9 Å². The molecule has 0 atom stereocenters. The van der Waals surface area contributed by atoms with E-state index < -0.39 is 0 Å². The van der Waals surface area contributed by atoms with Gasteiger partial charge in [-0.25, -0.2) is 0 Å². The molecule has 2 aromatic carbocycles. The number of methoxy groups -OCH3 is 3. The van der Waals surface area contributed by atoms with Crippen LogP contribution in [0.2, 0.25) is 0 Å². The first-order valence-corrected chi connectivity index (χ1v) is 8.09. The number of ether oxygens (including phenoxy) is 3. The van der Waals surface area contributed by atoms with Crippen molar-refractivity contribution in [1.29, 1.82) is 0 Å². The fourth-order valence-corrected chi connectivity index (χ4v) is 2.70. The van der Waals surface area contributed by atoms with Crippen molar-refractivity contribution in [1.82, 2.24) is 0 Å². The summed E-state index contributed by atoms with van der Waals surface area (Å²) in [5.74, 6) is 2.44. The molecule has 0 N–H and O–H groups in total. The average Bonchev–Trinajstić information content (AvgIpc) is 2.68. The SMILES string of the molecule is COc1ccc2c(=O)c(C)c(/C=C/c3ccc(OC)c(OC)c3)oc2c1. The number of rotatable bonds is 5. The Hall–Kier alpha value is -3.21. The predicted octanol–water partition coefficient (Wildman–Crippen LogP) is 4.30. The van der Waals surface area contributed by atoms with Crippen LogP contribution in [0.3, 0.4) is 0 Å². The van der Waals surface area contributed by atoms with Crippen molar-refractivity contribution in [3.63, 3.8) is 0 Å². The van der Waals surface area contributed by atoms with E-state index in [1.54, 1.807) is 52.5 Å². The lowest BCUT2D eigenvalue weighted by Gasteiger charge is -2.08. The second-order valence-corrected chi connectivity index (χ2v) is 5.73. The number of benzene rings is 2. The fraction of sp³-hybridized carbons (Fsp3) is 0.190. The van der Waals surface area contributed by atoms with Gasteiger partial charge in [-0.15, -0.1) is 0 Å². The van der Waals surface area contributed by atoms with Crippen molar-refractivity contribution in [2.24, 2.45) is 0 Å². The third kappa shape index (κ3) is 3.28. The summed E-state index contributed by atoms with van der Waals surface area (Å²) < 4.78 is 21.7. The van der Waals surface area contributed by atoms with Crippen LogP contribution in [-0.4, -0.2) is 21.3 Å². The molecular formula is C21H20O5. The van der Waals surface area contributed by atoms with Crippen molar-refractivity contribution < 1.29 is 18.6 Å². The zero-order valence-electron chi connectivity index (χ0n) is 15.2. The van der Waals surface area contributed by atoms with Gasteiger partial charge in [-0.3, -0.25) is 4.79 Å². The van der Waals surface area contributed by atoms with Crippen LogP contribution in [0, 0.1) is 6.92 Å². The van der Waals surface area contributed by atoms with Crippen LogP contribution in [-0.2, 0) is 0 Å². The first-order chi connectivity index (χ1) is 12.6. The molecule has 5 nitrogen and oxygen atoms in total. The molecule has 3 rings (SSSR count). The van der Waals surface area contributed by atoms with Crippen molar-refractivity contribution in [2.75, 3.05) is 21.3 Å². The molecular weight excluding hydrogens is 332 g/mol. The molecule has 0 amide bonds. The van der Waals surface area contributed by atoms with E-state index in [0.29, 0.717) is 39.5 Å². The lowest BCUT2D eigenvalue weighted by atomic mass is 10.1. The highest BCUT2D eigenvalue weighted by Gasteiger charge is 2.10. The van der Waals surface area contributed by atoms with Gasteiger partial charge in [-0.1, -0.05) is 12.1 Å². The minimum Gasteiger partial charge on any atom is -0.497 e.